The third kappa shape index (κ3) is 3.03. The summed E-state index contributed by atoms with van der Waals surface area (Å²) in [6.45, 7) is 0. The van der Waals surface area contributed by atoms with Crippen molar-refractivity contribution in [1.29, 1.82) is 0 Å². The Balaban J connectivity index is 2.40. The van der Waals surface area contributed by atoms with E-state index in [1.165, 1.54) is 36.4 Å². The Bertz CT molecular complexity index is 646. The Labute approximate surface area is 116 Å². The van der Waals surface area contributed by atoms with Crippen LogP contribution in [-0.4, -0.2) is 11.1 Å². The first-order chi connectivity index (χ1) is 8.97. The quantitative estimate of drug-likeness (QED) is 0.844. The van der Waals surface area contributed by atoms with Crippen molar-refractivity contribution < 1.29 is 19.0 Å². The molecule has 0 bridgehead atoms. The molecule has 0 saturated heterocycles. The summed E-state index contributed by atoms with van der Waals surface area (Å²) in [4.78, 5) is 10.9. The number of carbonyl (C=O) groups is 1. The molecule has 0 radical (unpaired) electrons. The molecule has 0 atom stereocenters. The Morgan fingerprint density at radius 1 is 1.21 bits per heavy atom. The van der Waals surface area contributed by atoms with Gasteiger partial charge in [0.05, 0.1) is 11.3 Å². The first kappa shape index (κ1) is 13.4. The Hall–Kier alpha value is -2.08. The SMILES string of the molecule is Nc1ccc(C(=O)O)cc1Oc1cc(Br)ccc1F. The lowest BCUT2D eigenvalue weighted by atomic mass is 10.2. The van der Waals surface area contributed by atoms with E-state index < -0.39 is 11.8 Å². The van der Waals surface area contributed by atoms with Gasteiger partial charge < -0.3 is 15.6 Å². The van der Waals surface area contributed by atoms with Crippen LogP contribution in [0.4, 0.5) is 10.1 Å². The summed E-state index contributed by atoms with van der Waals surface area (Å²) in [6.07, 6.45) is 0. The van der Waals surface area contributed by atoms with Gasteiger partial charge in [0.25, 0.3) is 0 Å². The zero-order chi connectivity index (χ0) is 14.0. The highest BCUT2D eigenvalue weighted by molar-refractivity contribution is 9.10. The van der Waals surface area contributed by atoms with Gasteiger partial charge in [-0.05, 0) is 36.4 Å². The van der Waals surface area contributed by atoms with Gasteiger partial charge in [0.15, 0.2) is 17.3 Å². The number of carboxylic acid groups (broad SMARTS) is 1. The van der Waals surface area contributed by atoms with Gasteiger partial charge in [-0.25, -0.2) is 9.18 Å². The molecule has 2 rings (SSSR count). The molecule has 0 unspecified atom stereocenters. The number of anilines is 1. The van der Waals surface area contributed by atoms with Crippen LogP contribution in [0.15, 0.2) is 40.9 Å². The van der Waals surface area contributed by atoms with E-state index in [9.17, 15) is 9.18 Å². The third-order valence-corrected chi connectivity index (χ3v) is 2.87. The van der Waals surface area contributed by atoms with Gasteiger partial charge >= 0.3 is 5.97 Å². The Kier molecular flexibility index (Phi) is 3.71. The van der Waals surface area contributed by atoms with E-state index in [-0.39, 0.29) is 22.7 Å². The number of hydrogen-bond donors (Lipinski definition) is 2. The normalized spacial score (nSPS) is 10.2. The van der Waals surface area contributed by atoms with Crippen LogP contribution in [0.1, 0.15) is 10.4 Å². The van der Waals surface area contributed by atoms with E-state index >= 15 is 0 Å². The van der Waals surface area contributed by atoms with E-state index in [2.05, 4.69) is 15.9 Å². The molecule has 3 N–H and O–H groups in total. The third-order valence-electron chi connectivity index (χ3n) is 2.37. The van der Waals surface area contributed by atoms with Crippen molar-refractivity contribution in [2.45, 2.75) is 0 Å². The highest BCUT2D eigenvalue weighted by Gasteiger charge is 2.11. The summed E-state index contributed by atoms with van der Waals surface area (Å²) in [7, 11) is 0. The first-order valence-corrected chi connectivity index (χ1v) is 6.02. The van der Waals surface area contributed by atoms with Gasteiger partial charge in [-0.15, -0.1) is 0 Å². The van der Waals surface area contributed by atoms with Crippen molar-refractivity contribution in [3.63, 3.8) is 0 Å². The number of hydrogen-bond acceptors (Lipinski definition) is 3. The fourth-order valence-corrected chi connectivity index (χ4v) is 1.77. The van der Waals surface area contributed by atoms with Crippen molar-refractivity contribution in [3.05, 3.63) is 52.3 Å². The minimum atomic E-state index is -1.11. The molecule has 2 aromatic carbocycles. The molecule has 19 heavy (non-hydrogen) atoms. The maximum absolute atomic E-state index is 13.5. The molecule has 0 aliphatic rings. The second-order valence-corrected chi connectivity index (χ2v) is 4.65. The molecule has 0 fully saturated rings. The van der Waals surface area contributed by atoms with Crippen LogP contribution in [0.3, 0.4) is 0 Å². The molecule has 4 nitrogen and oxygen atoms in total. The lowest BCUT2D eigenvalue weighted by molar-refractivity contribution is 0.0696. The molecule has 98 valence electrons. The minimum absolute atomic E-state index is 0.0135. The van der Waals surface area contributed by atoms with Gasteiger partial charge in [0.1, 0.15) is 0 Å². The van der Waals surface area contributed by atoms with Gasteiger partial charge in [-0.3, -0.25) is 0 Å². The number of ether oxygens (including phenoxy) is 1. The minimum Gasteiger partial charge on any atom is -0.478 e. The fraction of sp³-hybridized carbons (Fsp3) is 0. The smallest absolute Gasteiger partial charge is 0.335 e. The van der Waals surface area contributed by atoms with Gasteiger partial charge in [-0.2, -0.15) is 0 Å². The van der Waals surface area contributed by atoms with Crippen LogP contribution in [-0.2, 0) is 0 Å². The summed E-state index contributed by atoms with van der Waals surface area (Å²) in [5, 5.41) is 8.89. The number of aromatic carboxylic acids is 1. The second-order valence-electron chi connectivity index (χ2n) is 3.73. The molecule has 0 aliphatic carbocycles. The summed E-state index contributed by atoms with van der Waals surface area (Å²) in [6, 6.07) is 8.19. The van der Waals surface area contributed by atoms with Gasteiger partial charge in [0, 0.05) is 4.47 Å². The highest BCUT2D eigenvalue weighted by Crippen LogP contribution is 2.31. The number of nitrogens with two attached hydrogens (primary N) is 1. The van der Waals surface area contributed by atoms with Crippen molar-refractivity contribution in [3.8, 4) is 11.5 Å². The maximum Gasteiger partial charge on any atom is 0.335 e. The van der Waals surface area contributed by atoms with Gasteiger partial charge in [0.2, 0.25) is 0 Å². The van der Waals surface area contributed by atoms with Crippen molar-refractivity contribution in [2.75, 3.05) is 5.73 Å². The van der Waals surface area contributed by atoms with E-state index in [0.717, 1.165) is 0 Å². The summed E-state index contributed by atoms with van der Waals surface area (Å²) in [5.74, 6) is -1.62. The second kappa shape index (κ2) is 5.27. The zero-order valence-corrected chi connectivity index (χ0v) is 11.1. The molecule has 2 aromatic rings. The summed E-state index contributed by atoms with van der Waals surface area (Å²) in [5.41, 5.74) is 5.91. The highest BCUT2D eigenvalue weighted by atomic mass is 79.9. The molecule has 0 aromatic heterocycles. The molecule has 0 heterocycles. The van der Waals surface area contributed by atoms with Gasteiger partial charge in [-0.1, -0.05) is 15.9 Å². The van der Waals surface area contributed by atoms with Crippen molar-refractivity contribution in [1.82, 2.24) is 0 Å². The average molecular weight is 326 g/mol. The molecule has 0 aliphatic heterocycles. The number of carboxylic acids is 1. The number of rotatable bonds is 3. The Morgan fingerprint density at radius 3 is 2.63 bits per heavy atom. The average Bonchev–Trinajstić information content (AvgIpc) is 2.36. The predicted octanol–water partition coefficient (Wildman–Crippen LogP) is 3.66. The molecular weight excluding hydrogens is 317 g/mol. The number of benzene rings is 2. The molecule has 0 saturated carbocycles. The van der Waals surface area contributed by atoms with Crippen LogP contribution >= 0.6 is 15.9 Å². The largest absolute Gasteiger partial charge is 0.478 e. The van der Waals surface area contributed by atoms with Crippen molar-refractivity contribution in [2.24, 2.45) is 0 Å². The molecule has 6 heteroatoms. The van der Waals surface area contributed by atoms with Crippen LogP contribution < -0.4 is 10.5 Å². The number of nitrogen functional groups attached to an aromatic ring is 1. The van der Waals surface area contributed by atoms with Crippen LogP contribution in [0.25, 0.3) is 0 Å². The zero-order valence-electron chi connectivity index (χ0n) is 9.56. The van der Waals surface area contributed by atoms with E-state index in [1.54, 1.807) is 0 Å². The topological polar surface area (TPSA) is 72.6 Å². The fourth-order valence-electron chi connectivity index (χ4n) is 1.43. The molecule has 0 spiro atoms. The van der Waals surface area contributed by atoms with Crippen molar-refractivity contribution >= 4 is 27.6 Å². The number of halogens is 2. The predicted molar refractivity (Wildman–Crippen MR) is 72.0 cm³/mol. The lowest BCUT2D eigenvalue weighted by Gasteiger charge is -2.10. The summed E-state index contributed by atoms with van der Waals surface area (Å²) < 4.78 is 19.5. The standard InChI is InChI=1S/C13H9BrFNO3/c14-8-2-3-9(15)11(6-8)19-12-5-7(13(17)18)1-4-10(12)16/h1-6H,16H2,(H,17,18). The Morgan fingerprint density at radius 2 is 1.95 bits per heavy atom. The molecular formula is C13H9BrFNO3. The van der Waals surface area contributed by atoms with E-state index in [0.29, 0.717) is 4.47 Å². The van der Waals surface area contributed by atoms with Crippen LogP contribution in [0, 0.1) is 5.82 Å². The van der Waals surface area contributed by atoms with Crippen LogP contribution in [0.2, 0.25) is 0 Å². The molecule has 0 amide bonds. The van der Waals surface area contributed by atoms with E-state index in [1.807, 2.05) is 0 Å². The van der Waals surface area contributed by atoms with E-state index in [4.69, 9.17) is 15.6 Å². The monoisotopic (exact) mass is 325 g/mol. The lowest BCUT2D eigenvalue weighted by Crippen LogP contribution is -1.99. The summed E-state index contributed by atoms with van der Waals surface area (Å²) >= 11 is 3.19. The first-order valence-electron chi connectivity index (χ1n) is 5.23. The maximum atomic E-state index is 13.5. The van der Waals surface area contributed by atoms with Crippen LogP contribution in [0.5, 0.6) is 11.5 Å².